The highest BCUT2D eigenvalue weighted by Gasteiger charge is 2.35. The fourth-order valence-corrected chi connectivity index (χ4v) is 3.17. The van der Waals surface area contributed by atoms with Gasteiger partial charge in [-0.2, -0.15) is 0 Å². The second-order valence-corrected chi connectivity index (χ2v) is 6.25. The number of piperazine rings is 1. The molecule has 3 rings (SSSR count). The number of ether oxygens (including phenoxy) is 1. The van der Waals surface area contributed by atoms with Crippen molar-refractivity contribution < 1.29 is 14.3 Å². The summed E-state index contributed by atoms with van der Waals surface area (Å²) in [6.45, 7) is 2.63. The normalized spacial score (nSPS) is 17.6. The van der Waals surface area contributed by atoms with Gasteiger partial charge in [0.1, 0.15) is 11.8 Å². The summed E-state index contributed by atoms with van der Waals surface area (Å²) >= 11 is 6.12. The Balaban J connectivity index is 1.79. The molecule has 1 atom stereocenters. The standard InChI is InChI=1S/C19H19ClN2O3/c1-13-18(23)22(14-7-9-15(25-2)10-8-14)12-11-21(13)19(24)16-5-3-4-6-17(16)20/h3-10,13H,11-12H2,1-2H3. The van der Waals surface area contributed by atoms with Crippen molar-refractivity contribution >= 4 is 29.1 Å². The highest BCUT2D eigenvalue weighted by atomic mass is 35.5. The summed E-state index contributed by atoms with van der Waals surface area (Å²) in [5.41, 5.74) is 1.21. The molecule has 5 nitrogen and oxygen atoms in total. The maximum atomic E-state index is 12.8. The third-order valence-electron chi connectivity index (χ3n) is 4.40. The van der Waals surface area contributed by atoms with Crippen LogP contribution in [0.1, 0.15) is 17.3 Å². The predicted octanol–water partition coefficient (Wildman–Crippen LogP) is 3.23. The van der Waals surface area contributed by atoms with Crippen LogP contribution in [-0.4, -0.2) is 43.0 Å². The molecule has 1 unspecified atom stereocenters. The summed E-state index contributed by atoms with van der Waals surface area (Å²) in [5.74, 6) is 0.398. The van der Waals surface area contributed by atoms with E-state index in [1.54, 1.807) is 48.1 Å². The van der Waals surface area contributed by atoms with Crippen LogP contribution in [0, 0.1) is 0 Å². The molecular weight excluding hydrogens is 340 g/mol. The van der Waals surface area contributed by atoms with E-state index in [4.69, 9.17) is 16.3 Å². The predicted molar refractivity (Wildman–Crippen MR) is 97.3 cm³/mol. The van der Waals surface area contributed by atoms with Crippen LogP contribution in [0.3, 0.4) is 0 Å². The van der Waals surface area contributed by atoms with Gasteiger partial charge in [-0.05, 0) is 43.3 Å². The Hall–Kier alpha value is -2.53. The molecule has 1 saturated heterocycles. The van der Waals surface area contributed by atoms with Gasteiger partial charge in [-0.25, -0.2) is 0 Å². The van der Waals surface area contributed by atoms with Gasteiger partial charge in [0.15, 0.2) is 0 Å². The summed E-state index contributed by atoms with van der Waals surface area (Å²) in [6, 6.07) is 13.6. The quantitative estimate of drug-likeness (QED) is 0.846. The third kappa shape index (κ3) is 3.33. The van der Waals surface area contributed by atoms with E-state index in [9.17, 15) is 9.59 Å². The molecule has 6 heteroatoms. The number of halogens is 1. The van der Waals surface area contributed by atoms with Gasteiger partial charge in [-0.3, -0.25) is 9.59 Å². The molecule has 0 N–H and O–H groups in total. The van der Waals surface area contributed by atoms with Crippen LogP contribution in [0.5, 0.6) is 5.75 Å². The Bertz CT molecular complexity index is 792. The smallest absolute Gasteiger partial charge is 0.256 e. The van der Waals surface area contributed by atoms with Crippen molar-refractivity contribution in [2.45, 2.75) is 13.0 Å². The van der Waals surface area contributed by atoms with Gasteiger partial charge >= 0.3 is 0 Å². The Morgan fingerprint density at radius 2 is 1.80 bits per heavy atom. The number of carbonyl (C=O) groups excluding carboxylic acids is 2. The zero-order valence-electron chi connectivity index (χ0n) is 14.1. The molecule has 2 aromatic carbocycles. The molecule has 1 aliphatic rings. The number of benzene rings is 2. The third-order valence-corrected chi connectivity index (χ3v) is 4.73. The minimum Gasteiger partial charge on any atom is -0.497 e. The Morgan fingerprint density at radius 1 is 1.12 bits per heavy atom. The van der Waals surface area contributed by atoms with Crippen molar-refractivity contribution in [2.24, 2.45) is 0 Å². The SMILES string of the molecule is COc1ccc(N2CCN(C(=O)c3ccccc3Cl)C(C)C2=O)cc1. The second kappa shape index (κ2) is 7.15. The van der Waals surface area contributed by atoms with E-state index in [2.05, 4.69) is 0 Å². The number of nitrogens with zero attached hydrogens (tertiary/aromatic N) is 2. The highest BCUT2D eigenvalue weighted by Crippen LogP contribution is 2.25. The molecule has 1 aliphatic heterocycles. The van der Waals surface area contributed by atoms with Crippen molar-refractivity contribution in [3.8, 4) is 5.75 Å². The van der Waals surface area contributed by atoms with Crippen molar-refractivity contribution in [3.63, 3.8) is 0 Å². The topological polar surface area (TPSA) is 49.9 Å². The molecular formula is C19H19ClN2O3. The van der Waals surface area contributed by atoms with Crippen LogP contribution >= 0.6 is 11.6 Å². The number of anilines is 1. The lowest BCUT2D eigenvalue weighted by Crippen LogP contribution is -2.57. The maximum Gasteiger partial charge on any atom is 0.256 e. The van der Waals surface area contributed by atoms with Crippen molar-refractivity contribution in [2.75, 3.05) is 25.1 Å². The van der Waals surface area contributed by atoms with Crippen LogP contribution < -0.4 is 9.64 Å². The minimum atomic E-state index is -0.556. The lowest BCUT2D eigenvalue weighted by atomic mass is 10.1. The first-order valence-electron chi connectivity index (χ1n) is 8.04. The number of rotatable bonds is 3. The lowest BCUT2D eigenvalue weighted by Gasteiger charge is -2.39. The van der Waals surface area contributed by atoms with Gasteiger partial charge in [-0.1, -0.05) is 23.7 Å². The van der Waals surface area contributed by atoms with Gasteiger partial charge in [0.25, 0.3) is 5.91 Å². The molecule has 130 valence electrons. The van der Waals surface area contributed by atoms with Gasteiger partial charge in [0, 0.05) is 18.8 Å². The molecule has 2 aromatic rings. The van der Waals surface area contributed by atoms with Crippen LogP contribution in [0.4, 0.5) is 5.69 Å². The van der Waals surface area contributed by atoms with E-state index in [-0.39, 0.29) is 11.8 Å². The van der Waals surface area contributed by atoms with E-state index >= 15 is 0 Å². The number of methoxy groups -OCH3 is 1. The molecule has 0 bridgehead atoms. The van der Waals surface area contributed by atoms with E-state index in [1.807, 2.05) is 24.3 Å². The molecule has 0 aliphatic carbocycles. The van der Waals surface area contributed by atoms with Crippen molar-refractivity contribution in [3.05, 3.63) is 59.1 Å². The minimum absolute atomic E-state index is 0.114. The van der Waals surface area contributed by atoms with E-state index in [0.29, 0.717) is 23.7 Å². The first-order chi connectivity index (χ1) is 12.0. The molecule has 0 spiro atoms. The fourth-order valence-electron chi connectivity index (χ4n) is 2.96. The molecule has 0 saturated carbocycles. The first kappa shape index (κ1) is 17.3. The van der Waals surface area contributed by atoms with Gasteiger partial charge in [0.05, 0.1) is 17.7 Å². The highest BCUT2D eigenvalue weighted by molar-refractivity contribution is 6.33. The Morgan fingerprint density at radius 3 is 2.44 bits per heavy atom. The zero-order valence-corrected chi connectivity index (χ0v) is 14.9. The summed E-state index contributed by atoms with van der Waals surface area (Å²) in [4.78, 5) is 28.8. The van der Waals surface area contributed by atoms with E-state index in [1.165, 1.54) is 0 Å². The Labute approximate surface area is 151 Å². The summed E-state index contributed by atoms with van der Waals surface area (Å²) in [5, 5.41) is 0.393. The average molecular weight is 359 g/mol. The largest absolute Gasteiger partial charge is 0.497 e. The Kier molecular flexibility index (Phi) is 4.95. The summed E-state index contributed by atoms with van der Waals surface area (Å²) in [7, 11) is 1.60. The molecule has 0 aromatic heterocycles. The number of hydrogen-bond acceptors (Lipinski definition) is 3. The monoisotopic (exact) mass is 358 g/mol. The van der Waals surface area contributed by atoms with Crippen molar-refractivity contribution in [1.29, 1.82) is 0 Å². The molecule has 1 heterocycles. The van der Waals surface area contributed by atoms with E-state index < -0.39 is 6.04 Å². The van der Waals surface area contributed by atoms with Crippen LogP contribution in [0.15, 0.2) is 48.5 Å². The summed E-state index contributed by atoms with van der Waals surface area (Å²) < 4.78 is 5.14. The molecule has 1 fully saturated rings. The number of carbonyl (C=O) groups is 2. The van der Waals surface area contributed by atoms with Gasteiger partial charge in [-0.15, -0.1) is 0 Å². The molecule has 25 heavy (non-hydrogen) atoms. The van der Waals surface area contributed by atoms with Crippen molar-refractivity contribution in [1.82, 2.24) is 4.90 Å². The number of hydrogen-bond donors (Lipinski definition) is 0. The molecule has 0 radical (unpaired) electrons. The van der Waals surface area contributed by atoms with Crippen LogP contribution in [0.25, 0.3) is 0 Å². The van der Waals surface area contributed by atoms with Gasteiger partial charge < -0.3 is 14.5 Å². The average Bonchev–Trinajstić information content (AvgIpc) is 2.64. The summed E-state index contributed by atoms with van der Waals surface area (Å²) in [6.07, 6.45) is 0. The number of amides is 2. The maximum absolute atomic E-state index is 12.8. The first-order valence-corrected chi connectivity index (χ1v) is 8.41. The lowest BCUT2D eigenvalue weighted by molar-refractivity contribution is -0.124. The molecule has 2 amide bonds. The van der Waals surface area contributed by atoms with Crippen LogP contribution in [-0.2, 0) is 4.79 Å². The zero-order chi connectivity index (χ0) is 18.0. The fraction of sp³-hybridized carbons (Fsp3) is 0.263. The van der Waals surface area contributed by atoms with Gasteiger partial charge in [0.2, 0.25) is 5.91 Å². The van der Waals surface area contributed by atoms with E-state index in [0.717, 1.165) is 11.4 Å². The van der Waals surface area contributed by atoms with Crippen LogP contribution in [0.2, 0.25) is 5.02 Å². The second-order valence-electron chi connectivity index (χ2n) is 5.84.